The molecule has 1 aliphatic heterocycles. The van der Waals surface area contributed by atoms with Crippen LogP contribution in [0.4, 0.5) is 4.79 Å². The molecule has 1 aromatic carbocycles. The molecule has 2 amide bonds. The standard InChI is InChI=1S/C17H23N5O2/c1-3-20(4-2)17(24)21-11-9-13(10-12-21)16(23)22-15-8-6-5-7-14(15)18-19-22/h5-8,13H,3-4,9-12H2,1-2H3. The van der Waals surface area contributed by atoms with Gasteiger partial charge in [0, 0.05) is 32.1 Å². The lowest BCUT2D eigenvalue weighted by Crippen LogP contribution is -2.47. The predicted molar refractivity (Wildman–Crippen MR) is 90.8 cm³/mol. The van der Waals surface area contributed by atoms with Gasteiger partial charge in [-0.2, -0.15) is 4.68 Å². The quantitative estimate of drug-likeness (QED) is 0.866. The van der Waals surface area contributed by atoms with E-state index < -0.39 is 0 Å². The van der Waals surface area contributed by atoms with E-state index in [4.69, 9.17) is 0 Å². The van der Waals surface area contributed by atoms with Crippen molar-refractivity contribution in [2.24, 2.45) is 5.92 Å². The summed E-state index contributed by atoms with van der Waals surface area (Å²) in [6.45, 7) is 6.59. The molecule has 0 unspecified atom stereocenters. The molecule has 0 N–H and O–H groups in total. The molecule has 1 saturated heterocycles. The monoisotopic (exact) mass is 329 g/mol. The molecule has 0 atom stereocenters. The number of carbonyl (C=O) groups excluding carboxylic acids is 2. The highest BCUT2D eigenvalue weighted by atomic mass is 16.2. The summed E-state index contributed by atoms with van der Waals surface area (Å²) in [4.78, 5) is 28.8. The first-order valence-corrected chi connectivity index (χ1v) is 8.54. The summed E-state index contributed by atoms with van der Waals surface area (Å²) in [7, 11) is 0. The molecular formula is C17H23N5O2. The average Bonchev–Trinajstić information content (AvgIpc) is 3.06. The number of rotatable bonds is 3. The number of likely N-dealkylation sites (tertiary alicyclic amines) is 1. The maximum absolute atomic E-state index is 12.7. The molecule has 7 nitrogen and oxygen atoms in total. The maximum atomic E-state index is 12.7. The Hall–Kier alpha value is -2.44. The zero-order chi connectivity index (χ0) is 17.1. The summed E-state index contributed by atoms with van der Waals surface area (Å²) in [6, 6.07) is 7.52. The third-order valence-electron chi connectivity index (χ3n) is 4.71. The van der Waals surface area contributed by atoms with Crippen molar-refractivity contribution in [1.29, 1.82) is 0 Å². The van der Waals surface area contributed by atoms with Gasteiger partial charge in [0.2, 0.25) is 0 Å². The van der Waals surface area contributed by atoms with Gasteiger partial charge in [0.05, 0.1) is 5.52 Å². The fraction of sp³-hybridized carbons (Fsp3) is 0.529. The van der Waals surface area contributed by atoms with Crippen LogP contribution in [0.5, 0.6) is 0 Å². The van der Waals surface area contributed by atoms with Crippen molar-refractivity contribution in [3.05, 3.63) is 24.3 Å². The Morgan fingerprint density at radius 2 is 1.83 bits per heavy atom. The number of hydrogen-bond acceptors (Lipinski definition) is 4. The molecule has 2 aromatic rings. The van der Waals surface area contributed by atoms with Crippen LogP contribution >= 0.6 is 0 Å². The fourth-order valence-corrected chi connectivity index (χ4v) is 3.22. The molecular weight excluding hydrogens is 306 g/mol. The van der Waals surface area contributed by atoms with E-state index in [0.717, 1.165) is 11.0 Å². The van der Waals surface area contributed by atoms with E-state index in [0.29, 0.717) is 39.0 Å². The van der Waals surface area contributed by atoms with E-state index in [1.165, 1.54) is 4.68 Å². The molecule has 0 bridgehead atoms. The minimum atomic E-state index is -0.115. The Morgan fingerprint density at radius 1 is 1.17 bits per heavy atom. The summed E-state index contributed by atoms with van der Waals surface area (Å²) in [6.07, 6.45) is 1.33. The molecule has 7 heteroatoms. The molecule has 1 aromatic heterocycles. The number of piperidine rings is 1. The topological polar surface area (TPSA) is 71.3 Å². The smallest absolute Gasteiger partial charge is 0.319 e. The highest BCUT2D eigenvalue weighted by Gasteiger charge is 2.30. The van der Waals surface area contributed by atoms with Gasteiger partial charge >= 0.3 is 6.03 Å². The summed E-state index contributed by atoms with van der Waals surface area (Å²) >= 11 is 0. The zero-order valence-electron chi connectivity index (χ0n) is 14.2. The van der Waals surface area contributed by atoms with Gasteiger partial charge in [0.25, 0.3) is 5.91 Å². The lowest BCUT2D eigenvalue weighted by molar-refractivity contribution is 0.0738. The van der Waals surface area contributed by atoms with Crippen molar-refractivity contribution in [2.75, 3.05) is 26.2 Å². The molecule has 1 aliphatic rings. The van der Waals surface area contributed by atoms with Crippen LogP contribution < -0.4 is 0 Å². The van der Waals surface area contributed by atoms with Crippen molar-refractivity contribution in [1.82, 2.24) is 24.8 Å². The van der Waals surface area contributed by atoms with Crippen LogP contribution in [-0.4, -0.2) is 62.9 Å². The molecule has 0 saturated carbocycles. The summed E-state index contributed by atoms with van der Waals surface area (Å²) in [5, 5.41) is 8.05. The molecule has 0 radical (unpaired) electrons. The van der Waals surface area contributed by atoms with Crippen LogP contribution in [0.1, 0.15) is 31.5 Å². The SMILES string of the molecule is CCN(CC)C(=O)N1CCC(C(=O)n2nnc3ccccc32)CC1. The number of para-hydroxylation sites is 1. The van der Waals surface area contributed by atoms with E-state index in [1.54, 1.807) is 0 Å². The highest BCUT2D eigenvalue weighted by Crippen LogP contribution is 2.21. The van der Waals surface area contributed by atoms with Gasteiger partial charge in [-0.25, -0.2) is 4.79 Å². The molecule has 1 fully saturated rings. The minimum absolute atomic E-state index is 0.0290. The zero-order valence-corrected chi connectivity index (χ0v) is 14.2. The molecule has 128 valence electrons. The van der Waals surface area contributed by atoms with Gasteiger partial charge in [-0.3, -0.25) is 4.79 Å². The normalized spacial score (nSPS) is 15.7. The van der Waals surface area contributed by atoms with Gasteiger partial charge in [0.1, 0.15) is 5.52 Å². The van der Waals surface area contributed by atoms with E-state index in [1.807, 2.05) is 47.9 Å². The average molecular weight is 329 g/mol. The summed E-state index contributed by atoms with van der Waals surface area (Å²) in [5.41, 5.74) is 1.46. The van der Waals surface area contributed by atoms with Crippen LogP contribution in [0.15, 0.2) is 24.3 Å². The van der Waals surface area contributed by atoms with Gasteiger partial charge < -0.3 is 9.80 Å². The number of urea groups is 1. The molecule has 24 heavy (non-hydrogen) atoms. The Balaban J connectivity index is 1.66. The second-order valence-electron chi connectivity index (χ2n) is 6.04. The number of fused-ring (bicyclic) bond motifs is 1. The fourth-order valence-electron chi connectivity index (χ4n) is 3.22. The maximum Gasteiger partial charge on any atom is 0.319 e. The van der Waals surface area contributed by atoms with Crippen molar-refractivity contribution < 1.29 is 9.59 Å². The number of aromatic nitrogens is 3. The molecule has 3 rings (SSSR count). The van der Waals surface area contributed by atoms with Gasteiger partial charge in [-0.15, -0.1) is 5.10 Å². The number of nitrogens with zero attached hydrogens (tertiary/aromatic N) is 5. The molecule has 0 aliphatic carbocycles. The molecule has 0 spiro atoms. The van der Waals surface area contributed by atoms with Crippen LogP contribution in [0.2, 0.25) is 0 Å². The third-order valence-corrected chi connectivity index (χ3v) is 4.71. The number of carbonyl (C=O) groups is 2. The highest BCUT2D eigenvalue weighted by molar-refractivity contribution is 5.90. The van der Waals surface area contributed by atoms with Crippen molar-refractivity contribution in [3.63, 3.8) is 0 Å². The number of benzene rings is 1. The lowest BCUT2D eigenvalue weighted by Gasteiger charge is -2.34. The second-order valence-corrected chi connectivity index (χ2v) is 6.04. The Bertz CT molecular complexity index is 729. The van der Waals surface area contributed by atoms with E-state index >= 15 is 0 Å². The van der Waals surface area contributed by atoms with Gasteiger partial charge in [-0.05, 0) is 38.8 Å². The number of amides is 2. The van der Waals surface area contributed by atoms with Crippen LogP contribution in [0, 0.1) is 5.92 Å². The van der Waals surface area contributed by atoms with Gasteiger partial charge in [0.15, 0.2) is 0 Å². The largest absolute Gasteiger partial charge is 0.325 e. The van der Waals surface area contributed by atoms with Crippen LogP contribution in [0.3, 0.4) is 0 Å². The van der Waals surface area contributed by atoms with Gasteiger partial charge in [-0.1, -0.05) is 17.3 Å². The number of hydrogen-bond donors (Lipinski definition) is 0. The first-order valence-electron chi connectivity index (χ1n) is 8.54. The first kappa shape index (κ1) is 16.4. The molecule has 2 heterocycles. The first-order chi connectivity index (χ1) is 11.7. The Kier molecular flexibility index (Phi) is 4.78. The van der Waals surface area contributed by atoms with Crippen molar-refractivity contribution in [3.8, 4) is 0 Å². The minimum Gasteiger partial charge on any atom is -0.325 e. The summed E-state index contributed by atoms with van der Waals surface area (Å²) < 4.78 is 1.40. The third kappa shape index (κ3) is 2.98. The Morgan fingerprint density at radius 3 is 2.50 bits per heavy atom. The van der Waals surface area contributed by atoms with Crippen molar-refractivity contribution in [2.45, 2.75) is 26.7 Å². The van der Waals surface area contributed by atoms with Crippen molar-refractivity contribution >= 4 is 23.0 Å². The summed E-state index contributed by atoms with van der Waals surface area (Å²) in [5.74, 6) is -0.144. The lowest BCUT2D eigenvalue weighted by atomic mass is 9.96. The second kappa shape index (κ2) is 6.98. The van der Waals surface area contributed by atoms with E-state index in [9.17, 15) is 9.59 Å². The van der Waals surface area contributed by atoms with E-state index in [2.05, 4.69) is 10.3 Å². The van der Waals surface area contributed by atoms with Crippen LogP contribution in [-0.2, 0) is 0 Å². The Labute approximate surface area is 141 Å². The van der Waals surface area contributed by atoms with E-state index in [-0.39, 0.29) is 17.9 Å². The van der Waals surface area contributed by atoms with Crippen LogP contribution in [0.25, 0.3) is 11.0 Å². The predicted octanol–water partition coefficient (Wildman–Crippen LogP) is 2.25.